The Morgan fingerprint density at radius 1 is 0.415 bits per heavy atom. The summed E-state index contributed by atoms with van der Waals surface area (Å²) in [7, 11) is 0. The molecule has 41 heavy (non-hydrogen) atoms. The van der Waals surface area contributed by atoms with Crippen molar-refractivity contribution in [3.05, 3.63) is 133 Å². The van der Waals surface area contributed by atoms with Crippen molar-refractivity contribution in [1.29, 1.82) is 0 Å². The molecule has 0 spiro atoms. The summed E-state index contributed by atoms with van der Waals surface area (Å²) in [5.74, 6) is 5.04. The van der Waals surface area contributed by atoms with E-state index in [0.29, 0.717) is 0 Å². The SMILES string of the molecule is c1ccc(N2c3ccccc3Oc3cc(-c4cc5c6c(c4)Oc4ccccc4B6c4ccccc4O5)ccc32)cc1. The maximum atomic E-state index is 6.52. The highest BCUT2D eigenvalue weighted by atomic mass is 16.5. The fourth-order valence-electron chi connectivity index (χ4n) is 6.35. The molecule has 9 rings (SSSR count). The molecule has 0 saturated carbocycles. The summed E-state index contributed by atoms with van der Waals surface area (Å²) in [5, 5.41) is 0. The van der Waals surface area contributed by atoms with E-state index in [1.165, 1.54) is 0 Å². The van der Waals surface area contributed by atoms with Crippen molar-refractivity contribution in [1.82, 2.24) is 0 Å². The topological polar surface area (TPSA) is 30.9 Å². The van der Waals surface area contributed by atoms with E-state index in [-0.39, 0.29) is 6.71 Å². The van der Waals surface area contributed by atoms with Gasteiger partial charge in [0.25, 0.3) is 6.71 Å². The minimum Gasteiger partial charge on any atom is -0.458 e. The van der Waals surface area contributed by atoms with Crippen molar-refractivity contribution in [3.63, 3.8) is 0 Å². The first-order valence-electron chi connectivity index (χ1n) is 13.8. The number of para-hydroxylation sites is 5. The quantitative estimate of drug-likeness (QED) is 0.216. The molecule has 4 nitrogen and oxygen atoms in total. The average Bonchev–Trinajstić information content (AvgIpc) is 3.03. The van der Waals surface area contributed by atoms with Gasteiger partial charge in [0.15, 0.2) is 11.5 Å². The number of rotatable bonds is 2. The number of ether oxygens (including phenoxy) is 3. The smallest absolute Gasteiger partial charge is 0.260 e. The lowest BCUT2D eigenvalue weighted by molar-refractivity contribution is 0.465. The lowest BCUT2D eigenvalue weighted by atomic mass is 9.35. The lowest BCUT2D eigenvalue weighted by Crippen LogP contribution is -2.57. The van der Waals surface area contributed by atoms with Crippen LogP contribution in [0.2, 0.25) is 0 Å². The molecule has 0 N–H and O–H groups in total. The Bertz CT molecular complexity index is 1930. The standard InChI is InChI=1S/C36H22BNO3/c1-2-10-25(11-3-1)38-28-14-6-9-17-32(28)41-33-20-23(18-19-29(33)38)24-21-34-36-35(22-24)40-31-16-8-5-13-27(31)37(36)26-12-4-7-15-30(26)39-34/h1-22H. The van der Waals surface area contributed by atoms with E-state index in [1.54, 1.807) is 0 Å². The molecule has 0 saturated heterocycles. The summed E-state index contributed by atoms with van der Waals surface area (Å²) in [6, 6.07) is 45.8. The summed E-state index contributed by atoms with van der Waals surface area (Å²) in [4.78, 5) is 2.25. The Balaban J connectivity index is 1.20. The van der Waals surface area contributed by atoms with Crippen LogP contribution in [0.4, 0.5) is 17.1 Å². The monoisotopic (exact) mass is 527 g/mol. The fourth-order valence-corrected chi connectivity index (χ4v) is 6.35. The first-order valence-corrected chi connectivity index (χ1v) is 13.8. The second-order valence-corrected chi connectivity index (χ2v) is 10.5. The van der Waals surface area contributed by atoms with Crippen molar-refractivity contribution in [2.75, 3.05) is 4.90 Å². The average molecular weight is 527 g/mol. The predicted octanol–water partition coefficient (Wildman–Crippen LogP) is 7.66. The van der Waals surface area contributed by atoms with Crippen molar-refractivity contribution in [2.45, 2.75) is 0 Å². The molecular formula is C36H22BNO3. The van der Waals surface area contributed by atoms with Crippen LogP contribution >= 0.6 is 0 Å². The molecule has 5 heteroatoms. The molecule has 3 aliphatic rings. The van der Waals surface area contributed by atoms with Crippen LogP contribution in [0.15, 0.2) is 133 Å². The maximum Gasteiger partial charge on any atom is 0.260 e. The van der Waals surface area contributed by atoms with Gasteiger partial charge in [-0.15, -0.1) is 0 Å². The van der Waals surface area contributed by atoms with Gasteiger partial charge in [-0.2, -0.15) is 0 Å². The van der Waals surface area contributed by atoms with Crippen LogP contribution in [0.1, 0.15) is 0 Å². The van der Waals surface area contributed by atoms with Gasteiger partial charge in [-0.25, -0.2) is 0 Å². The molecule has 0 bridgehead atoms. The fraction of sp³-hybridized carbons (Fsp3) is 0. The Labute approximate surface area is 238 Å². The second-order valence-electron chi connectivity index (χ2n) is 10.5. The van der Waals surface area contributed by atoms with E-state index in [0.717, 1.165) is 79.1 Å². The van der Waals surface area contributed by atoms with Crippen molar-refractivity contribution in [3.8, 4) is 45.6 Å². The van der Waals surface area contributed by atoms with Crippen LogP contribution in [-0.4, -0.2) is 6.71 Å². The number of benzene rings is 6. The molecule has 0 radical (unpaired) electrons. The van der Waals surface area contributed by atoms with Crippen molar-refractivity contribution in [2.24, 2.45) is 0 Å². The number of nitrogens with zero attached hydrogens (tertiary/aromatic N) is 1. The summed E-state index contributed by atoms with van der Waals surface area (Å²) in [5.41, 5.74) is 8.52. The summed E-state index contributed by atoms with van der Waals surface area (Å²) in [6.07, 6.45) is 0. The molecular weight excluding hydrogens is 505 g/mol. The van der Waals surface area contributed by atoms with Gasteiger partial charge >= 0.3 is 0 Å². The highest BCUT2D eigenvalue weighted by molar-refractivity contribution is 6.98. The van der Waals surface area contributed by atoms with Gasteiger partial charge in [0.2, 0.25) is 0 Å². The first-order chi connectivity index (χ1) is 20.3. The molecule has 3 heterocycles. The number of anilines is 3. The van der Waals surface area contributed by atoms with Crippen molar-refractivity contribution >= 4 is 40.2 Å². The lowest BCUT2D eigenvalue weighted by Gasteiger charge is -2.34. The van der Waals surface area contributed by atoms with Crippen molar-refractivity contribution < 1.29 is 14.2 Å². The third kappa shape index (κ3) is 3.36. The van der Waals surface area contributed by atoms with Crippen LogP contribution < -0.4 is 35.5 Å². The third-order valence-corrected chi connectivity index (χ3v) is 8.17. The third-order valence-electron chi connectivity index (χ3n) is 8.17. The number of hydrogen-bond donors (Lipinski definition) is 0. The Morgan fingerprint density at radius 3 is 1.66 bits per heavy atom. The van der Waals surface area contributed by atoms with Gasteiger partial charge in [-0.1, -0.05) is 72.8 Å². The molecule has 0 aliphatic carbocycles. The van der Waals surface area contributed by atoms with Gasteiger partial charge < -0.3 is 19.1 Å². The first kappa shape index (κ1) is 22.4. The van der Waals surface area contributed by atoms with Gasteiger partial charge in [0, 0.05) is 11.2 Å². The zero-order valence-electron chi connectivity index (χ0n) is 22.0. The summed E-state index contributed by atoms with van der Waals surface area (Å²) >= 11 is 0. The highest BCUT2D eigenvalue weighted by Gasteiger charge is 2.40. The van der Waals surface area contributed by atoms with Gasteiger partial charge in [-0.05, 0) is 82.7 Å². The number of hydrogen-bond acceptors (Lipinski definition) is 4. The summed E-state index contributed by atoms with van der Waals surface area (Å²) in [6.45, 7) is 0.0618. The van der Waals surface area contributed by atoms with Gasteiger partial charge in [-0.3, -0.25) is 0 Å². The van der Waals surface area contributed by atoms with E-state index >= 15 is 0 Å². The molecule has 192 valence electrons. The highest BCUT2D eigenvalue weighted by Crippen LogP contribution is 2.51. The molecule has 6 aromatic rings. The van der Waals surface area contributed by atoms with Gasteiger partial charge in [0.05, 0.1) is 11.4 Å². The Kier molecular flexibility index (Phi) is 4.67. The molecule has 3 aliphatic heterocycles. The van der Waals surface area contributed by atoms with Crippen LogP contribution in [0.5, 0.6) is 34.5 Å². The molecule has 0 amide bonds. The minimum absolute atomic E-state index is 0.0618. The second kappa shape index (κ2) is 8.54. The maximum absolute atomic E-state index is 6.52. The van der Waals surface area contributed by atoms with Gasteiger partial charge in [0.1, 0.15) is 23.0 Å². The Morgan fingerprint density at radius 2 is 0.951 bits per heavy atom. The van der Waals surface area contributed by atoms with E-state index in [2.05, 4.69) is 89.8 Å². The molecule has 0 unspecified atom stereocenters. The van der Waals surface area contributed by atoms with Crippen LogP contribution in [0, 0.1) is 0 Å². The normalized spacial score (nSPS) is 13.4. The van der Waals surface area contributed by atoms with Crippen LogP contribution in [-0.2, 0) is 0 Å². The van der Waals surface area contributed by atoms with Crippen LogP contribution in [0.3, 0.4) is 0 Å². The molecule has 6 aromatic carbocycles. The number of fused-ring (bicyclic) bond motifs is 6. The van der Waals surface area contributed by atoms with E-state index in [1.807, 2.05) is 48.5 Å². The van der Waals surface area contributed by atoms with E-state index in [9.17, 15) is 0 Å². The van der Waals surface area contributed by atoms with Crippen LogP contribution in [0.25, 0.3) is 11.1 Å². The predicted molar refractivity (Wildman–Crippen MR) is 164 cm³/mol. The zero-order valence-corrected chi connectivity index (χ0v) is 22.0. The minimum atomic E-state index is 0.0618. The largest absolute Gasteiger partial charge is 0.458 e. The zero-order chi connectivity index (χ0) is 26.9. The van der Waals surface area contributed by atoms with E-state index < -0.39 is 0 Å². The van der Waals surface area contributed by atoms with E-state index in [4.69, 9.17) is 14.2 Å². The summed E-state index contributed by atoms with van der Waals surface area (Å²) < 4.78 is 19.5. The molecule has 0 aromatic heterocycles. The Hall–Kier alpha value is -5.42. The molecule has 0 fully saturated rings. The molecule has 0 atom stereocenters.